The summed E-state index contributed by atoms with van der Waals surface area (Å²) in [6.45, 7) is 0.592. The van der Waals surface area contributed by atoms with Gasteiger partial charge in [0.05, 0.1) is 35.5 Å². The van der Waals surface area contributed by atoms with Crippen molar-refractivity contribution < 1.29 is 89.5 Å². The summed E-state index contributed by atoms with van der Waals surface area (Å²) in [6, 6.07) is 8.88. The molecule has 6 aromatic heterocycles. The van der Waals surface area contributed by atoms with Crippen LogP contribution in [-0.4, -0.2) is 75.8 Å². The Labute approximate surface area is 553 Å². The quantitative estimate of drug-likeness (QED) is 0.0435. The third kappa shape index (κ3) is 15.4. The molecule has 0 bridgehead atoms. The average Bonchev–Trinajstić information content (AvgIpc) is 1.28. The molecular weight excluding hydrogens is 1280 g/mol. The normalized spacial score (nSPS) is 14.7. The van der Waals surface area contributed by atoms with Gasteiger partial charge in [0.25, 0.3) is 47.8 Å². The van der Waals surface area contributed by atoms with Crippen molar-refractivity contribution in [3.05, 3.63) is 169 Å². The molecule has 0 unspecified atom stereocenters. The Morgan fingerprint density at radius 3 is 1.06 bits per heavy atom. The van der Waals surface area contributed by atoms with Gasteiger partial charge >= 0.3 is 0 Å². The van der Waals surface area contributed by atoms with Crippen LogP contribution in [0.3, 0.4) is 0 Å². The van der Waals surface area contributed by atoms with E-state index in [0.29, 0.717) is 45.0 Å². The van der Waals surface area contributed by atoms with Crippen molar-refractivity contribution in [1.82, 2.24) is 15.5 Å². The van der Waals surface area contributed by atoms with Crippen LogP contribution in [0.4, 0.5) is 34.7 Å². The predicted molar refractivity (Wildman–Crippen MR) is 345 cm³/mol. The molecule has 0 radical (unpaired) electrons. The number of anilines is 6. The zero-order chi connectivity index (χ0) is 80.0. The zero-order valence-corrected chi connectivity index (χ0v) is 53.7. The minimum absolute atomic E-state index is 0.0188. The van der Waals surface area contributed by atoms with Gasteiger partial charge in [-0.15, -0.1) is 34.0 Å². The van der Waals surface area contributed by atoms with Crippen molar-refractivity contribution in [2.45, 2.75) is 118 Å². The summed E-state index contributed by atoms with van der Waals surface area (Å²) in [7, 11) is -13.1. The molecule has 30 heteroatoms. The maximum Gasteiger partial charge on any atom is 0.267 e. The number of hydrogen-bond acceptors (Lipinski definition) is 21. The van der Waals surface area contributed by atoms with Crippen LogP contribution in [-0.2, 0) is 30.1 Å². The van der Waals surface area contributed by atoms with Gasteiger partial charge in [-0.2, -0.15) is 0 Å². The Morgan fingerprint density at radius 1 is 0.433 bits per heavy atom. The van der Waals surface area contributed by atoms with Gasteiger partial charge in [-0.3, -0.25) is 28.8 Å². The largest absolute Gasteiger partial charge is 0.337 e. The molecule has 9 rings (SSSR count). The first-order valence-electron chi connectivity index (χ1n) is 33.6. The smallest absolute Gasteiger partial charge is 0.267 e. The van der Waals surface area contributed by atoms with Gasteiger partial charge in [0.1, 0.15) is 29.3 Å². The summed E-state index contributed by atoms with van der Waals surface area (Å²) in [4.78, 5) is 74.1. The number of carbonyl (C=O) groups is 6. The number of thiophene rings is 3. The van der Waals surface area contributed by atoms with Gasteiger partial charge in [0, 0.05) is 53.9 Å². The summed E-state index contributed by atoms with van der Waals surface area (Å²) < 4.78 is 223. The number of aryl methyl sites for hydroxylation is 9. The van der Waals surface area contributed by atoms with Crippen LogP contribution >= 0.6 is 34.0 Å². The Hall–Kier alpha value is -8.94. The minimum Gasteiger partial charge on any atom is -0.337 e. The molecule has 0 fully saturated rings. The Bertz CT molecular complexity index is 5360. The van der Waals surface area contributed by atoms with Gasteiger partial charge in [-0.05, 0) is 189 Å². The van der Waals surface area contributed by atoms with E-state index in [1.807, 2.05) is 4.72 Å². The summed E-state index contributed by atoms with van der Waals surface area (Å²) >= 11 is 2.37. The summed E-state index contributed by atoms with van der Waals surface area (Å²) in [5.74, 6) is -5.47. The number of aromatic nitrogens is 3. The molecular formula is C60H63N9O15S6. The predicted octanol–water partition coefficient (Wildman–Crippen LogP) is 12.7. The van der Waals surface area contributed by atoms with Crippen LogP contribution in [0.2, 0.25) is 0 Å². The summed E-state index contributed by atoms with van der Waals surface area (Å²) in [5.41, 5.74) is -0.787. The molecule has 6 N–H and O–H groups in total. The van der Waals surface area contributed by atoms with Gasteiger partial charge in [0.2, 0.25) is 17.7 Å². The topological polar surface area (TPSA) is 355 Å². The second-order valence-corrected chi connectivity index (χ2v) is 27.1. The molecule has 0 aliphatic heterocycles. The number of Topliss-reactive ketones (excluding diaryl/α,β-unsaturated/α-hetero) is 3. The number of hydrogen-bond donors (Lipinski definition) is 6. The molecule has 6 heterocycles. The lowest BCUT2D eigenvalue weighted by Gasteiger charge is -2.14. The molecule has 0 aliphatic rings. The van der Waals surface area contributed by atoms with E-state index in [0.717, 1.165) is 66.9 Å². The van der Waals surface area contributed by atoms with Crippen LogP contribution in [0.25, 0.3) is 0 Å². The number of benzene rings is 3. The van der Waals surface area contributed by atoms with E-state index in [1.165, 1.54) is 42.1 Å². The maximum atomic E-state index is 13.2. The first-order valence-corrected chi connectivity index (χ1v) is 32.7. The van der Waals surface area contributed by atoms with Crippen molar-refractivity contribution in [3.8, 4) is 0 Å². The molecule has 9 aromatic rings. The third-order valence-electron chi connectivity index (χ3n) is 12.7. The first-order chi connectivity index (χ1) is 48.5. The zero-order valence-electron chi connectivity index (χ0n) is 64.8. The molecule has 3 amide bonds. The van der Waals surface area contributed by atoms with Crippen LogP contribution in [0, 0.1) is 82.7 Å². The fourth-order valence-corrected chi connectivity index (χ4v) is 15.0. The lowest BCUT2D eigenvalue weighted by Crippen LogP contribution is -2.20. The molecule has 0 saturated heterocycles. The molecule has 24 nitrogen and oxygen atoms in total. The van der Waals surface area contributed by atoms with E-state index in [4.69, 9.17) is 35.5 Å². The molecule has 0 spiro atoms. The SMILES string of the molecule is [2H]C([2H])([2H])c1cc(C(C)=O)c(NC(=O)c2sccc2S(=O)(=O)Nc2onc(C)c2C([2H])([2H])[2H])c(C([2H])([2H])[2H])c1.[2H]C([2H])([2H])c1cc(C(C)=O)c(NC(=O)c2sccc2S(=O)(=O)Nc2onc(C)c2C)c(C([2H])([2H])[2H])c1.[2H]c1c(C)cc(C)c(NC(=O)c2sccc2S(=O)(=O)Nc2onc(C)c2C)c1C(C)=O. The fraction of sp³-hybridized carbons (Fsp3) is 0.250. The lowest BCUT2D eigenvalue weighted by molar-refractivity contribution is 0.100. The number of nitrogens with one attached hydrogen (secondary N) is 6. The van der Waals surface area contributed by atoms with E-state index in [2.05, 4.69) is 40.9 Å². The Kier molecular flexibility index (Phi) is 14.9. The van der Waals surface area contributed by atoms with Crippen molar-refractivity contribution in [3.63, 3.8) is 0 Å². The maximum absolute atomic E-state index is 13.2. The molecule has 474 valence electrons. The highest BCUT2D eigenvalue weighted by Crippen LogP contribution is 2.34. The van der Waals surface area contributed by atoms with Crippen molar-refractivity contribution >= 4 is 134 Å². The fourth-order valence-electron chi connectivity index (χ4n) is 7.95. The van der Waals surface area contributed by atoms with E-state index in [1.54, 1.807) is 47.6 Å². The number of ketones is 3. The number of rotatable bonds is 18. The number of sulfonamides is 3. The second-order valence-electron chi connectivity index (χ2n) is 19.4. The highest BCUT2D eigenvalue weighted by Gasteiger charge is 2.31. The van der Waals surface area contributed by atoms with Crippen LogP contribution < -0.4 is 30.1 Å². The van der Waals surface area contributed by atoms with E-state index >= 15 is 0 Å². The number of carbonyl (C=O) groups excluding carboxylic acids is 6. The minimum atomic E-state index is -4.64. The lowest BCUT2D eigenvalue weighted by atomic mass is 10.0. The number of nitrogens with zero attached hydrogens (tertiary/aromatic N) is 3. The van der Waals surface area contributed by atoms with E-state index < -0.39 is 159 Å². The van der Waals surface area contributed by atoms with E-state index in [-0.39, 0.29) is 60.8 Å². The van der Waals surface area contributed by atoms with E-state index in [9.17, 15) is 54.0 Å². The second kappa shape index (κ2) is 27.4. The van der Waals surface area contributed by atoms with Gasteiger partial charge in [0.15, 0.2) is 17.3 Å². The van der Waals surface area contributed by atoms with Gasteiger partial charge in [-0.1, -0.05) is 33.7 Å². The summed E-state index contributed by atoms with van der Waals surface area (Å²) in [5, 5.41) is 22.1. The van der Waals surface area contributed by atoms with Crippen LogP contribution in [0.1, 0.15) is 170 Å². The number of amides is 3. The summed E-state index contributed by atoms with van der Waals surface area (Å²) in [6.07, 6.45) is 0. The van der Waals surface area contributed by atoms with Gasteiger partial charge < -0.3 is 29.5 Å². The van der Waals surface area contributed by atoms with Crippen molar-refractivity contribution in [2.24, 2.45) is 0 Å². The Morgan fingerprint density at radius 2 is 0.756 bits per heavy atom. The molecule has 0 atom stereocenters. The molecule has 90 heavy (non-hydrogen) atoms. The Balaban J connectivity index is 0.000000223. The van der Waals surface area contributed by atoms with Gasteiger partial charge in [-0.25, -0.2) is 39.4 Å². The molecule has 3 aromatic carbocycles. The molecule has 0 saturated carbocycles. The van der Waals surface area contributed by atoms with Crippen molar-refractivity contribution in [2.75, 3.05) is 30.1 Å². The average molecular weight is 1360 g/mol. The van der Waals surface area contributed by atoms with Crippen LogP contribution in [0.15, 0.2) is 99.0 Å². The van der Waals surface area contributed by atoms with Crippen LogP contribution in [0.5, 0.6) is 0 Å². The van der Waals surface area contributed by atoms with Crippen molar-refractivity contribution in [1.29, 1.82) is 0 Å². The first kappa shape index (κ1) is 48.9. The third-order valence-corrected chi connectivity index (χ3v) is 20.0. The monoisotopic (exact) mass is 1360 g/mol. The highest BCUT2D eigenvalue weighted by atomic mass is 32.2. The highest BCUT2D eigenvalue weighted by molar-refractivity contribution is 7.93. The standard InChI is InChI=1S/3C20H21N3O5S2/c3*1-10-8-11(2)17(15(9-10)14(5)24)21-19(25)18-16(6-7-29-18)30(26,27)23-20-12(3)13(4)22-28-20/h3*6-9,23H,1-5H3,(H,21,25)/i1D3,2D3,3D3;1D3,2D3;9D. The molecule has 0 aliphatic carbocycles.